The van der Waals surface area contributed by atoms with E-state index in [2.05, 4.69) is 4.98 Å². The number of amides is 1. The fraction of sp³-hybridized carbons (Fsp3) is 0.250. The monoisotopic (exact) mass is 386 g/mol. The molecule has 1 aromatic heterocycles. The third-order valence-electron chi connectivity index (χ3n) is 3.97. The van der Waals surface area contributed by atoms with Crippen LogP contribution in [0.3, 0.4) is 0 Å². The number of benzene rings is 2. The van der Waals surface area contributed by atoms with E-state index in [-0.39, 0.29) is 31.3 Å². The molecular formula is C20H19FN2O3S. The molecule has 0 fully saturated rings. The summed E-state index contributed by atoms with van der Waals surface area (Å²) in [6.07, 6.45) is 0.645. The van der Waals surface area contributed by atoms with Gasteiger partial charge in [-0.3, -0.25) is 9.59 Å². The molecule has 0 aliphatic rings. The van der Waals surface area contributed by atoms with Gasteiger partial charge in [0.2, 0.25) is 0 Å². The summed E-state index contributed by atoms with van der Waals surface area (Å²) in [4.78, 5) is 29.8. The highest BCUT2D eigenvalue weighted by Gasteiger charge is 2.14. The topological polar surface area (TPSA) is 59.5 Å². The third kappa shape index (κ3) is 5.34. The molecule has 3 rings (SSSR count). The van der Waals surface area contributed by atoms with E-state index in [1.165, 1.54) is 17.0 Å². The van der Waals surface area contributed by atoms with Gasteiger partial charge in [-0.15, -0.1) is 11.3 Å². The zero-order valence-electron chi connectivity index (χ0n) is 14.9. The number of fused-ring (bicyclic) bond motifs is 1. The molecule has 0 atom stereocenters. The van der Waals surface area contributed by atoms with E-state index in [0.29, 0.717) is 12.0 Å². The highest BCUT2D eigenvalue weighted by atomic mass is 32.1. The van der Waals surface area contributed by atoms with Crippen molar-refractivity contribution in [3.05, 3.63) is 64.9 Å². The minimum Gasteiger partial charge on any atom is -0.456 e. The van der Waals surface area contributed by atoms with Gasteiger partial charge in [0.15, 0.2) is 6.61 Å². The van der Waals surface area contributed by atoms with Crippen molar-refractivity contribution < 1.29 is 18.7 Å². The van der Waals surface area contributed by atoms with Crippen LogP contribution in [0, 0.1) is 5.82 Å². The number of nitrogens with zero attached hydrogens (tertiary/aromatic N) is 2. The van der Waals surface area contributed by atoms with Gasteiger partial charge < -0.3 is 9.64 Å². The molecule has 0 saturated heterocycles. The summed E-state index contributed by atoms with van der Waals surface area (Å²) in [6.45, 7) is -0.0790. The number of halogens is 1. The van der Waals surface area contributed by atoms with Gasteiger partial charge in [0, 0.05) is 20.0 Å². The van der Waals surface area contributed by atoms with Crippen molar-refractivity contribution in [1.29, 1.82) is 0 Å². The molecule has 0 radical (unpaired) electrons. The summed E-state index contributed by atoms with van der Waals surface area (Å²) in [7, 11) is 1.59. The molecule has 0 unspecified atom stereocenters. The van der Waals surface area contributed by atoms with E-state index in [4.69, 9.17) is 4.74 Å². The molecule has 0 bridgehead atoms. The average molecular weight is 386 g/mol. The normalized spacial score (nSPS) is 10.7. The first kappa shape index (κ1) is 19.0. The van der Waals surface area contributed by atoms with Crippen LogP contribution in [-0.2, 0) is 27.3 Å². The van der Waals surface area contributed by atoms with Gasteiger partial charge in [-0.25, -0.2) is 9.37 Å². The fourth-order valence-electron chi connectivity index (χ4n) is 2.56. The Kier molecular flexibility index (Phi) is 6.13. The Bertz CT molecular complexity index is 924. The number of hydrogen-bond donors (Lipinski definition) is 0. The average Bonchev–Trinajstić information content (AvgIpc) is 3.07. The lowest BCUT2D eigenvalue weighted by Gasteiger charge is -2.17. The predicted molar refractivity (Wildman–Crippen MR) is 102 cm³/mol. The maximum absolute atomic E-state index is 13.2. The van der Waals surface area contributed by atoms with Gasteiger partial charge in [-0.05, 0) is 29.8 Å². The van der Waals surface area contributed by atoms with Crippen molar-refractivity contribution >= 4 is 33.4 Å². The number of likely N-dealkylation sites (N-methyl/N-ethyl adjacent to an activating group) is 1. The van der Waals surface area contributed by atoms with Gasteiger partial charge in [0.1, 0.15) is 5.82 Å². The molecule has 3 aromatic rings. The van der Waals surface area contributed by atoms with Crippen molar-refractivity contribution in [1.82, 2.24) is 9.88 Å². The predicted octanol–water partition coefficient (Wildman–Crippen LogP) is 3.57. The van der Waals surface area contributed by atoms with E-state index < -0.39 is 5.97 Å². The summed E-state index contributed by atoms with van der Waals surface area (Å²) in [5, 5.41) is 0.864. The number of para-hydroxylation sites is 1. The van der Waals surface area contributed by atoms with Gasteiger partial charge in [0.05, 0.1) is 21.6 Å². The largest absolute Gasteiger partial charge is 0.456 e. The standard InChI is InChI=1S/C20H19FN2O3S/c1-23(12-14-5-4-6-15(21)11-14)19(24)13-26-20(25)10-9-18-22-16-7-2-3-8-17(16)27-18/h2-8,11H,9-10,12-13H2,1H3. The summed E-state index contributed by atoms with van der Waals surface area (Å²) in [5.41, 5.74) is 1.59. The van der Waals surface area contributed by atoms with Crippen LogP contribution in [0.4, 0.5) is 4.39 Å². The zero-order chi connectivity index (χ0) is 19.2. The fourth-order valence-corrected chi connectivity index (χ4v) is 3.52. The Morgan fingerprint density at radius 3 is 2.78 bits per heavy atom. The lowest BCUT2D eigenvalue weighted by atomic mass is 10.2. The molecule has 1 amide bonds. The summed E-state index contributed by atoms with van der Waals surface area (Å²) >= 11 is 1.55. The van der Waals surface area contributed by atoms with Gasteiger partial charge in [-0.2, -0.15) is 0 Å². The Morgan fingerprint density at radius 1 is 1.19 bits per heavy atom. The van der Waals surface area contributed by atoms with Crippen LogP contribution in [0.2, 0.25) is 0 Å². The first-order valence-electron chi connectivity index (χ1n) is 8.50. The maximum Gasteiger partial charge on any atom is 0.306 e. The zero-order valence-corrected chi connectivity index (χ0v) is 15.7. The highest BCUT2D eigenvalue weighted by Crippen LogP contribution is 2.22. The van der Waals surface area contributed by atoms with Crippen LogP contribution < -0.4 is 0 Å². The molecule has 0 spiro atoms. The van der Waals surface area contributed by atoms with E-state index in [9.17, 15) is 14.0 Å². The van der Waals surface area contributed by atoms with Crippen molar-refractivity contribution in [3.63, 3.8) is 0 Å². The number of hydrogen-bond acceptors (Lipinski definition) is 5. The SMILES string of the molecule is CN(Cc1cccc(F)c1)C(=O)COC(=O)CCc1nc2ccccc2s1. The molecule has 1 heterocycles. The van der Waals surface area contributed by atoms with E-state index in [0.717, 1.165) is 15.2 Å². The van der Waals surface area contributed by atoms with Crippen molar-refractivity contribution in [2.45, 2.75) is 19.4 Å². The lowest BCUT2D eigenvalue weighted by Crippen LogP contribution is -2.30. The Labute approximate surface area is 160 Å². The van der Waals surface area contributed by atoms with Crippen LogP contribution in [-0.4, -0.2) is 35.4 Å². The first-order chi connectivity index (χ1) is 13.0. The van der Waals surface area contributed by atoms with E-state index in [1.807, 2.05) is 24.3 Å². The summed E-state index contributed by atoms with van der Waals surface area (Å²) < 4.78 is 19.3. The number of carbonyl (C=O) groups excluding carboxylic acids is 2. The smallest absolute Gasteiger partial charge is 0.306 e. The van der Waals surface area contributed by atoms with Crippen LogP contribution in [0.5, 0.6) is 0 Å². The number of rotatable bonds is 7. The van der Waals surface area contributed by atoms with Crippen molar-refractivity contribution in [3.8, 4) is 0 Å². The minimum atomic E-state index is -0.443. The van der Waals surface area contributed by atoms with Crippen LogP contribution in [0.15, 0.2) is 48.5 Å². The Morgan fingerprint density at radius 2 is 2.00 bits per heavy atom. The molecule has 0 aliphatic carbocycles. The van der Waals surface area contributed by atoms with E-state index >= 15 is 0 Å². The van der Waals surface area contributed by atoms with Crippen LogP contribution in [0.25, 0.3) is 10.2 Å². The first-order valence-corrected chi connectivity index (χ1v) is 9.31. The highest BCUT2D eigenvalue weighted by molar-refractivity contribution is 7.18. The lowest BCUT2D eigenvalue weighted by molar-refractivity contribution is -0.151. The minimum absolute atomic E-state index is 0.167. The molecular weight excluding hydrogens is 367 g/mol. The second-order valence-corrected chi connectivity index (χ2v) is 7.23. The van der Waals surface area contributed by atoms with Crippen molar-refractivity contribution in [2.24, 2.45) is 0 Å². The summed E-state index contributed by atoms with van der Waals surface area (Å²) in [6, 6.07) is 13.8. The molecule has 2 aromatic carbocycles. The van der Waals surface area contributed by atoms with Gasteiger partial charge >= 0.3 is 5.97 Å². The molecule has 0 N–H and O–H groups in total. The second-order valence-electron chi connectivity index (χ2n) is 6.12. The quantitative estimate of drug-likeness (QED) is 0.583. The molecule has 27 heavy (non-hydrogen) atoms. The summed E-state index contributed by atoms with van der Waals surface area (Å²) in [5.74, 6) is -1.14. The number of thiazole rings is 1. The number of carbonyl (C=O) groups is 2. The van der Waals surface area contributed by atoms with Crippen LogP contribution >= 0.6 is 11.3 Å². The number of ether oxygens (including phenoxy) is 1. The molecule has 140 valence electrons. The number of aryl methyl sites for hydroxylation is 1. The van der Waals surface area contributed by atoms with Crippen LogP contribution in [0.1, 0.15) is 17.0 Å². The Balaban J connectivity index is 1.43. The van der Waals surface area contributed by atoms with Crippen molar-refractivity contribution in [2.75, 3.05) is 13.7 Å². The van der Waals surface area contributed by atoms with Gasteiger partial charge in [-0.1, -0.05) is 24.3 Å². The molecule has 0 aliphatic heterocycles. The third-order valence-corrected chi connectivity index (χ3v) is 5.07. The molecule has 5 nitrogen and oxygen atoms in total. The van der Waals surface area contributed by atoms with E-state index in [1.54, 1.807) is 30.5 Å². The second kappa shape index (κ2) is 8.73. The number of esters is 1. The molecule has 7 heteroatoms. The number of aromatic nitrogens is 1. The Hall–Kier alpha value is -2.80. The maximum atomic E-state index is 13.2. The van der Waals surface area contributed by atoms with Gasteiger partial charge in [0.25, 0.3) is 5.91 Å². The molecule has 0 saturated carbocycles.